The second-order valence-electron chi connectivity index (χ2n) is 5.01. The lowest BCUT2D eigenvalue weighted by atomic mass is 9.97. The van der Waals surface area contributed by atoms with Crippen LogP contribution in [0.5, 0.6) is 0 Å². The summed E-state index contributed by atoms with van der Waals surface area (Å²) in [6, 6.07) is 0. The van der Waals surface area contributed by atoms with Crippen LogP contribution < -0.4 is 0 Å². The van der Waals surface area contributed by atoms with Gasteiger partial charge in [0.25, 0.3) is 5.91 Å². The van der Waals surface area contributed by atoms with Crippen LogP contribution in [0.2, 0.25) is 0 Å². The third-order valence-electron chi connectivity index (χ3n) is 3.36. The minimum atomic E-state index is -0.603. The van der Waals surface area contributed by atoms with E-state index in [-0.39, 0.29) is 24.5 Å². The first kappa shape index (κ1) is 16.0. The van der Waals surface area contributed by atoms with Crippen LogP contribution in [0.4, 0.5) is 0 Å². The molecule has 1 aliphatic carbocycles. The first-order valence-electron chi connectivity index (χ1n) is 6.84. The smallest absolute Gasteiger partial charge is 0.286 e. The molecule has 0 aromatic heterocycles. The van der Waals surface area contributed by atoms with Crippen LogP contribution in [-0.2, 0) is 14.3 Å². The third kappa shape index (κ3) is 3.48. The van der Waals surface area contributed by atoms with Gasteiger partial charge in [-0.2, -0.15) is 0 Å². The van der Waals surface area contributed by atoms with Gasteiger partial charge in [-0.25, -0.2) is 0 Å². The zero-order valence-electron chi connectivity index (χ0n) is 12.3. The Balaban J connectivity index is 0.000000861. The van der Waals surface area contributed by atoms with E-state index in [9.17, 15) is 9.70 Å². The van der Waals surface area contributed by atoms with Crippen molar-refractivity contribution in [3.63, 3.8) is 0 Å². The number of hydrogen-bond acceptors (Lipinski definition) is 4. The molecule has 19 heavy (non-hydrogen) atoms. The highest BCUT2D eigenvalue weighted by molar-refractivity contribution is 5.77. The van der Waals surface area contributed by atoms with Crippen molar-refractivity contribution in [1.82, 2.24) is 0 Å². The average molecular weight is 269 g/mol. The molecule has 1 saturated heterocycles. The van der Waals surface area contributed by atoms with Crippen LogP contribution in [0.15, 0.2) is 16.8 Å². The first-order valence-corrected chi connectivity index (χ1v) is 6.84. The Hall–Kier alpha value is -1.07. The number of carbonyl (C=O) groups is 1. The summed E-state index contributed by atoms with van der Waals surface area (Å²) < 4.78 is 11.6. The molecule has 1 amide bonds. The maximum Gasteiger partial charge on any atom is 0.286 e. The van der Waals surface area contributed by atoms with Gasteiger partial charge in [0.2, 0.25) is 0 Å². The summed E-state index contributed by atoms with van der Waals surface area (Å²) >= 11 is 0. The Morgan fingerprint density at radius 2 is 2.05 bits per heavy atom. The molecule has 2 rings (SSSR count). The van der Waals surface area contributed by atoms with E-state index in [4.69, 9.17) is 9.47 Å². The van der Waals surface area contributed by atoms with Crippen molar-refractivity contribution in [1.29, 1.82) is 0 Å². The molecule has 0 radical (unpaired) electrons. The normalized spacial score (nSPS) is 33.5. The van der Waals surface area contributed by atoms with Gasteiger partial charge in [-0.15, -0.1) is 4.91 Å². The van der Waals surface area contributed by atoms with Crippen LogP contribution in [-0.4, -0.2) is 23.9 Å². The Morgan fingerprint density at radius 1 is 1.42 bits per heavy atom. The number of ether oxygens (including phenoxy) is 2. The minimum absolute atomic E-state index is 0.0133. The monoisotopic (exact) mass is 269 g/mol. The molecule has 1 aliphatic heterocycles. The van der Waals surface area contributed by atoms with Crippen molar-refractivity contribution in [2.24, 2.45) is 11.1 Å². The molecular formula is C14H23NO4. The van der Waals surface area contributed by atoms with Crippen molar-refractivity contribution >= 4 is 5.91 Å². The van der Waals surface area contributed by atoms with Crippen LogP contribution in [0.25, 0.3) is 0 Å². The van der Waals surface area contributed by atoms with Crippen molar-refractivity contribution in [2.75, 3.05) is 0 Å². The predicted octanol–water partition coefficient (Wildman–Crippen LogP) is 3.18. The number of allylic oxidation sites excluding steroid dienone is 1. The van der Waals surface area contributed by atoms with Gasteiger partial charge in [-0.1, -0.05) is 19.9 Å². The predicted molar refractivity (Wildman–Crippen MR) is 72.5 cm³/mol. The zero-order valence-corrected chi connectivity index (χ0v) is 12.3. The summed E-state index contributed by atoms with van der Waals surface area (Å²) in [5.41, 5.74) is 1.05. The zero-order chi connectivity index (χ0) is 14.6. The number of amides is 1. The fraction of sp³-hybridized carbons (Fsp3) is 0.786. The van der Waals surface area contributed by atoms with Crippen LogP contribution in [0.3, 0.4) is 0 Å². The van der Waals surface area contributed by atoms with Crippen molar-refractivity contribution in [2.45, 2.75) is 65.5 Å². The lowest BCUT2D eigenvalue weighted by Crippen LogP contribution is -2.24. The average Bonchev–Trinajstić information content (AvgIpc) is 2.82. The molecule has 5 nitrogen and oxygen atoms in total. The summed E-state index contributed by atoms with van der Waals surface area (Å²) in [7, 11) is 0. The number of rotatable bonds is 2. The van der Waals surface area contributed by atoms with Crippen LogP contribution >= 0.6 is 0 Å². The Kier molecular flexibility index (Phi) is 5.38. The number of hydrogen-bond donors (Lipinski definition) is 0. The van der Waals surface area contributed by atoms with E-state index in [2.05, 4.69) is 5.18 Å². The highest BCUT2D eigenvalue weighted by Crippen LogP contribution is 2.45. The quantitative estimate of drug-likeness (QED) is 0.570. The molecule has 5 heteroatoms. The Bertz CT molecular complexity index is 376. The van der Waals surface area contributed by atoms with Crippen LogP contribution in [0.1, 0.15) is 47.5 Å². The third-order valence-corrected chi connectivity index (χ3v) is 3.36. The number of carbonyl (C=O) groups excluding carboxylic acids is 1. The second kappa shape index (κ2) is 6.39. The number of fused-ring (bicyclic) bond motifs is 1. The van der Waals surface area contributed by atoms with Crippen molar-refractivity contribution in [3.8, 4) is 0 Å². The van der Waals surface area contributed by atoms with E-state index in [0.717, 1.165) is 12.0 Å². The minimum Gasteiger partial charge on any atom is -0.344 e. The second-order valence-corrected chi connectivity index (χ2v) is 5.01. The van der Waals surface area contributed by atoms with Gasteiger partial charge in [0.05, 0.1) is 6.10 Å². The van der Waals surface area contributed by atoms with E-state index in [0.29, 0.717) is 0 Å². The van der Waals surface area contributed by atoms with Crippen molar-refractivity contribution in [3.05, 3.63) is 16.6 Å². The number of nitrogens with zero attached hydrogens (tertiary/aromatic N) is 1. The highest BCUT2D eigenvalue weighted by atomic mass is 16.8. The molecule has 2 aliphatic rings. The van der Waals surface area contributed by atoms with Gasteiger partial charge in [0.1, 0.15) is 6.10 Å². The Labute approximate surface area is 114 Å². The summed E-state index contributed by atoms with van der Waals surface area (Å²) in [5, 5.41) is 2.45. The molecule has 0 N–H and O–H groups in total. The molecule has 0 aromatic rings. The molecule has 0 aromatic carbocycles. The lowest BCUT2D eigenvalue weighted by molar-refractivity contribution is -0.149. The highest BCUT2D eigenvalue weighted by Gasteiger charge is 2.50. The summed E-state index contributed by atoms with van der Waals surface area (Å²) in [6.45, 7) is 9.68. The lowest BCUT2D eigenvalue weighted by Gasteiger charge is -2.21. The molecule has 2 fully saturated rings. The molecule has 0 spiro atoms. The summed E-state index contributed by atoms with van der Waals surface area (Å²) in [6.07, 6.45) is 2.73. The Morgan fingerprint density at radius 3 is 2.58 bits per heavy atom. The standard InChI is InChI=1S/C12H17NO4.C2H6/c1-4-8-7(6-10(14)13-15)5-9-11(8)17-12(2,3)16-9;1-2/h4,7,9,11H,5-6H2,1-3H3;1-2H3/b8-4+;/t7-,9+,11?;/m1./s1. The topological polar surface area (TPSA) is 65.0 Å². The van der Waals surface area contributed by atoms with Crippen LogP contribution in [0, 0.1) is 10.8 Å². The summed E-state index contributed by atoms with van der Waals surface area (Å²) in [4.78, 5) is 21.2. The fourth-order valence-electron chi connectivity index (χ4n) is 2.79. The van der Waals surface area contributed by atoms with E-state index in [1.54, 1.807) is 0 Å². The molecule has 1 heterocycles. The molecule has 1 saturated carbocycles. The largest absolute Gasteiger partial charge is 0.344 e. The molecular weight excluding hydrogens is 246 g/mol. The van der Waals surface area contributed by atoms with E-state index in [1.165, 1.54) is 0 Å². The maximum atomic E-state index is 11.1. The van der Waals surface area contributed by atoms with Gasteiger partial charge < -0.3 is 9.47 Å². The molecule has 0 bridgehead atoms. The van der Waals surface area contributed by atoms with E-state index < -0.39 is 11.7 Å². The molecule has 3 atom stereocenters. The maximum absolute atomic E-state index is 11.1. The molecule has 1 unspecified atom stereocenters. The fourth-order valence-corrected chi connectivity index (χ4v) is 2.79. The summed E-state index contributed by atoms with van der Waals surface area (Å²) in [5.74, 6) is -1.15. The van der Waals surface area contributed by atoms with E-state index in [1.807, 2.05) is 40.7 Å². The number of nitroso groups, excluding NO2 is 1. The van der Waals surface area contributed by atoms with Gasteiger partial charge >= 0.3 is 0 Å². The van der Waals surface area contributed by atoms with Crippen molar-refractivity contribution < 1.29 is 14.3 Å². The van der Waals surface area contributed by atoms with Gasteiger partial charge in [-0.05, 0) is 38.7 Å². The SMILES string of the molecule is C/C=C1/C2OC(C)(C)O[C@H]2C[C@@H]1CC(=O)N=O.CC. The van der Waals surface area contributed by atoms with Gasteiger partial charge in [0, 0.05) is 11.6 Å². The van der Waals surface area contributed by atoms with Gasteiger partial charge in [-0.3, -0.25) is 4.79 Å². The molecule has 108 valence electrons. The van der Waals surface area contributed by atoms with E-state index >= 15 is 0 Å². The first-order chi connectivity index (χ1) is 8.96. The van der Waals surface area contributed by atoms with Gasteiger partial charge in [0.15, 0.2) is 5.79 Å².